The van der Waals surface area contributed by atoms with Gasteiger partial charge in [0.25, 0.3) is 5.89 Å². The smallest absolute Gasteiger partial charge is 0.493 e. The van der Waals surface area contributed by atoms with Crippen LogP contribution in [0.4, 0.5) is 18.9 Å². The molecule has 168 valence electrons. The zero-order valence-corrected chi connectivity index (χ0v) is 16.8. The maximum atomic E-state index is 12.7. The molecule has 0 fully saturated rings. The van der Waals surface area contributed by atoms with Crippen LogP contribution >= 0.6 is 0 Å². The Morgan fingerprint density at radius 1 is 1.22 bits per heavy atom. The van der Waals surface area contributed by atoms with E-state index in [1.165, 1.54) is 19.2 Å². The molecule has 0 aliphatic carbocycles. The first-order chi connectivity index (χ1) is 15.2. The Labute approximate surface area is 180 Å². The molecule has 0 bridgehead atoms. The lowest BCUT2D eigenvalue weighted by Gasteiger charge is -2.12. The fraction of sp³-hybridized carbons (Fsp3) is 0.286. The summed E-state index contributed by atoms with van der Waals surface area (Å²) in [4.78, 5) is 15.1. The topological polar surface area (TPSA) is 107 Å². The summed E-state index contributed by atoms with van der Waals surface area (Å²) in [5, 5.41) is 16.1. The fourth-order valence-electron chi connectivity index (χ4n) is 3.52. The first kappa shape index (κ1) is 21.5. The molecule has 0 spiro atoms. The highest BCUT2D eigenvalue weighted by molar-refractivity contribution is 5.69. The molecule has 4 rings (SSSR count). The van der Waals surface area contributed by atoms with Crippen LogP contribution < -0.4 is 14.8 Å². The summed E-state index contributed by atoms with van der Waals surface area (Å²) < 4.78 is 52.2. The molecular weight excluding hydrogens is 431 g/mol. The number of carbonyl (C=O) groups is 1. The lowest BCUT2D eigenvalue weighted by molar-refractivity contribution is -0.275. The Bertz CT molecular complexity index is 1150. The van der Waals surface area contributed by atoms with Crippen molar-refractivity contribution < 1.29 is 37.1 Å². The van der Waals surface area contributed by atoms with Gasteiger partial charge in [-0.3, -0.25) is 4.79 Å². The van der Waals surface area contributed by atoms with E-state index in [9.17, 15) is 18.0 Å². The van der Waals surface area contributed by atoms with Gasteiger partial charge < -0.3 is 24.4 Å². The molecule has 2 heterocycles. The van der Waals surface area contributed by atoms with E-state index < -0.39 is 18.1 Å². The Hall–Kier alpha value is -3.76. The van der Waals surface area contributed by atoms with Gasteiger partial charge in [0.05, 0.1) is 7.11 Å². The highest BCUT2D eigenvalue weighted by Crippen LogP contribution is 2.36. The van der Waals surface area contributed by atoms with Gasteiger partial charge >= 0.3 is 12.3 Å². The van der Waals surface area contributed by atoms with Crippen molar-refractivity contribution in [2.24, 2.45) is 0 Å². The number of nitrogens with one attached hydrogen (secondary N) is 1. The summed E-state index contributed by atoms with van der Waals surface area (Å²) in [6, 6.07) is 9.46. The number of anilines is 1. The number of carboxylic acid groups (broad SMARTS) is 1. The Morgan fingerprint density at radius 2 is 2.00 bits per heavy atom. The highest BCUT2D eigenvalue weighted by Gasteiger charge is 2.33. The Balaban J connectivity index is 1.55. The maximum Gasteiger partial charge on any atom is 0.573 e. The Kier molecular flexibility index (Phi) is 5.64. The van der Waals surface area contributed by atoms with Crippen LogP contribution in [0.5, 0.6) is 11.5 Å². The second-order valence-corrected chi connectivity index (χ2v) is 7.19. The number of hydrogen-bond acceptors (Lipinski definition) is 7. The monoisotopic (exact) mass is 449 g/mol. The number of aliphatic carboxylic acids is 1. The number of methoxy groups -OCH3 is 1. The Morgan fingerprint density at radius 3 is 2.72 bits per heavy atom. The minimum atomic E-state index is -4.88. The highest BCUT2D eigenvalue weighted by atomic mass is 19.4. The molecule has 3 aromatic rings. The van der Waals surface area contributed by atoms with Crippen LogP contribution in [0.1, 0.15) is 18.4 Å². The number of carboxylic acids is 1. The van der Waals surface area contributed by atoms with Crippen molar-refractivity contribution in [3.8, 4) is 34.3 Å². The van der Waals surface area contributed by atoms with E-state index in [4.69, 9.17) is 14.4 Å². The average molecular weight is 449 g/mol. The van der Waals surface area contributed by atoms with Crippen molar-refractivity contribution in [3.63, 3.8) is 0 Å². The first-order valence-corrected chi connectivity index (χ1v) is 9.61. The molecule has 11 heteroatoms. The van der Waals surface area contributed by atoms with E-state index in [1.807, 2.05) is 12.1 Å². The molecule has 1 aliphatic rings. The van der Waals surface area contributed by atoms with Crippen LogP contribution in [0.2, 0.25) is 0 Å². The van der Waals surface area contributed by atoms with Gasteiger partial charge in [0, 0.05) is 29.3 Å². The van der Waals surface area contributed by atoms with Crippen molar-refractivity contribution in [1.29, 1.82) is 0 Å². The van der Waals surface area contributed by atoms with Gasteiger partial charge in [-0.2, -0.15) is 4.98 Å². The van der Waals surface area contributed by atoms with Gasteiger partial charge in [0.2, 0.25) is 5.82 Å². The van der Waals surface area contributed by atoms with Crippen LogP contribution in [0, 0.1) is 0 Å². The normalized spacial score (nSPS) is 15.2. The molecule has 2 aromatic carbocycles. The van der Waals surface area contributed by atoms with Crippen LogP contribution in [0.25, 0.3) is 22.8 Å². The molecule has 0 radical (unpaired) electrons. The number of hydrogen-bond donors (Lipinski definition) is 2. The number of nitrogens with zero attached hydrogens (tertiary/aromatic N) is 2. The lowest BCUT2D eigenvalue weighted by atomic mass is 10.0. The second kappa shape index (κ2) is 8.40. The molecule has 32 heavy (non-hydrogen) atoms. The molecule has 2 N–H and O–H groups in total. The summed E-state index contributed by atoms with van der Waals surface area (Å²) in [5.41, 5.74) is 2.81. The molecular formula is C21H18F3N3O5. The number of halogens is 3. The summed E-state index contributed by atoms with van der Waals surface area (Å²) >= 11 is 0. The minimum absolute atomic E-state index is 0.0210. The zero-order chi connectivity index (χ0) is 22.9. The van der Waals surface area contributed by atoms with E-state index in [0.717, 1.165) is 17.3 Å². The number of ether oxygens (including phenoxy) is 2. The molecule has 0 unspecified atom stereocenters. The minimum Gasteiger partial charge on any atom is -0.493 e. The predicted octanol–water partition coefficient (Wildman–Crippen LogP) is 4.51. The maximum absolute atomic E-state index is 12.7. The van der Waals surface area contributed by atoms with Gasteiger partial charge in [-0.1, -0.05) is 5.16 Å². The first-order valence-electron chi connectivity index (χ1n) is 9.61. The zero-order valence-electron chi connectivity index (χ0n) is 16.8. The van der Waals surface area contributed by atoms with Crippen molar-refractivity contribution in [3.05, 3.63) is 42.0 Å². The molecule has 1 atom stereocenters. The van der Waals surface area contributed by atoms with Gasteiger partial charge in [0.15, 0.2) is 11.5 Å². The van der Waals surface area contributed by atoms with Crippen LogP contribution in [0.15, 0.2) is 40.9 Å². The standard InChI is InChI=1S/C21H18F3N3O5/c1-30-16-6-3-12(10-17(16)31-21(22,23)24)20-26-19(27-32-20)11-2-5-15-13(8-11)9-14(25-15)4-7-18(28)29/h2-3,5-6,8,10,14,25H,4,7,9H2,1H3,(H,28,29)/t14-/m0/s1. The third-order valence-corrected chi connectivity index (χ3v) is 4.96. The largest absolute Gasteiger partial charge is 0.573 e. The quantitative estimate of drug-likeness (QED) is 0.543. The van der Waals surface area contributed by atoms with E-state index in [0.29, 0.717) is 18.4 Å². The van der Waals surface area contributed by atoms with Gasteiger partial charge in [-0.05, 0) is 54.8 Å². The molecule has 0 amide bonds. The van der Waals surface area contributed by atoms with E-state index >= 15 is 0 Å². The van der Waals surface area contributed by atoms with Gasteiger partial charge in [0.1, 0.15) is 0 Å². The van der Waals surface area contributed by atoms with Gasteiger partial charge in [-0.15, -0.1) is 13.2 Å². The number of aromatic nitrogens is 2. The molecule has 8 nitrogen and oxygen atoms in total. The number of fused-ring (bicyclic) bond motifs is 1. The number of benzene rings is 2. The van der Waals surface area contributed by atoms with Crippen molar-refractivity contribution in [2.45, 2.75) is 31.7 Å². The van der Waals surface area contributed by atoms with Crippen LogP contribution in [0.3, 0.4) is 0 Å². The van der Waals surface area contributed by atoms with E-state index in [1.54, 1.807) is 6.07 Å². The third kappa shape index (κ3) is 4.76. The van der Waals surface area contributed by atoms with E-state index in [2.05, 4.69) is 20.2 Å². The van der Waals surface area contributed by atoms with Crippen LogP contribution in [-0.4, -0.2) is 40.7 Å². The fourth-order valence-corrected chi connectivity index (χ4v) is 3.52. The van der Waals surface area contributed by atoms with Crippen molar-refractivity contribution in [2.75, 3.05) is 12.4 Å². The second-order valence-electron chi connectivity index (χ2n) is 7.19. The van der Waals surface area contributed by atoms with Crippen molar-refractivity contribution >= 4 is 11.7 Å². The number of alkyl halides is 3. The number of rotatable bonds is 7. The summed E-state index contributed by atoms with van der Waals surface area (Å²) in [5.74, 6) is -1.16. The molecule has 1 aliphatic heterocycles. The van der Waals surface area contributed by atoms with Crippen LogP contribution in [-0.2, 0) is 11.2 Å². The predicted molar refractivity (Wildman–Crippen MR) is 106 cm³/mol. The SMILES string of the molecule is COc1ccc(-c2nc(-c3ccc4c(c3)C[C@H](CCC(=O)O)N4)no2)cc1OC(F)(F)F. The average Bonchev–Trinajstić information content (AvgIpc) is 3.37. The summed E-state index contributed by atoms with van der Waals surface area (Å²) in [6.07, 6.45) is -3.63. The molecule has 0 saturated heterocycles. The molecule has 0 saturated carbocycles. The van der Waals surface area contributed by atoms with Gasteiger partial charge in [-0.25, -0.2) is 0 Å². The molecule has 1 aromatic heterocycles. The van der Waals surface area contributed by atoms with Crippen molar-refractivity contribution in [1.82, 2.24) is 10.1 Å². The third-order valence-electron chi connectivity index (χ3n) is 4.96. The summed E-state index contributed by atoms with van der Waals surface area (Å²) in [7, 11) is 1.23. The lowest BCUT2D eigenvalue weighted by Crippen LogP contribution is -2.17. The van der Waals surface area contributed by atoms with E-state index in [-0.39, 0.29) is 35.5 Å². The summed E-state index contributed by atoms with van der Waals surface area (Å²) in [6.45, 7) is 0.